The highest BCUT2D eigenvalue weighted by atomic mass is 14.9. The van der Waals surface area contributed by atoms with Crippen LogP contribution in [0.2, 0.25) is 0 Å². The molecule has 0 aliphatic carbocycles. The van der Waals surface area contributed by atoms with Crippen LogP contribution in [0.25, 0.3) is 0 Å². The molecule has 2 aromatic rings. The highest BCUT2D eigenvalue weighted by Gasteiger charge is 1.94. The van der Waals surface area contributed by atoms with Crippen LogP contribution in [-0.2, 0) is 13.0 Å². The maximum absolute atomic E-state index is 4.15. The van der Waals surface area contributed by atoms with Crippen LogP contribution < -0.4 is 5.32 Å². The Morgan fingerprint density at radius 1 is 1.36 bits per heavy atom. The molecule has 0 saturated carbocycles. The van der Waals surface area contributed by atoms with Gasteiger partial charge in [0.1, 0.15) is 5.82 Å². The van der Waals surface area contributed by atoms with Crippen molar-refractivity contribution >= 4 is 0 Å². The van der Waals surface area contributed by atoms with E-state index < -0.39 is 0 Å². The van der Waals surface area contributed by atoms with Crippen LogP contribution in [0, 0.1) is 0 Å². The predicted octanol–water partition coefficient (Wildman–Crippen LogP) is 1.07. The maximum atomic E-state index is 4.15. The quantitative estimate of drug-likeness (QED) is 0.618. The fourth-order valence-electron chi connectivity index (χ4n) is 1.34. The van der Waals surface area contributed by atoms with E-state index in [0.29, 0.717) is 0 Å². The molecule has 2 rings (SSSR count). The first-order valence-electron chi connectivity index (χ1n) is 4.76. The first-order valence-corrected chi connectivity index (χ1v) is 4.76. The van der Waals surface area contributed by atoms with E-state index in [0.717, 1.165) is 25.3 Å². The topological polar surface area (TPSA) is 56.5 Å². The number of imidazole rings is 1. The van der Waals surface area contributed by atoms with Crippen LogP contribution in [-0.4, -0.2) is 21.5 Å². The molecule has 0 amide bonds. The Kier molecular flexibility index (Phi) is 2.98. The zero-order valence-corrected chi connectivity index (χ0v) is 7.96. The minimum Gasteiger partial charge on any atom is -0.367 e. The van der Waals surface area contributed by atoms with Crippen LogP contribution >= 0.6 is 0 Å². The van der Waals surface area contributed by atoms with Gasteiger partial charge in [0.15, 0.2) is 0 Å². The predicted molar refractivity (Wildman–Crippen MR) is 54.8 cm³/mol. The molecule has 0 atom stereocenters. The Labute approximate surface area is 82.8 Å². The summed E-state index contributed by atoms with van der Waals surface area (Å²) in [6.45, 7) is 1.85. The van der Waals surface area contributed by atoms with Gasteiger partial charge in [-0.3, -0.25) is 0 Å². The molecule has 0 aliphatic rings. The molecular formula is C10H14N4. The van der Waals surface area contributed by atoms with E-state index in [-0.39, 0.29) is 0 Å². The second-order valence-electron chi connectivity index (χ2n) is 3.18. The van der Waals surface area contributed by atoms with Gasteiger partial charge in [-0.25, -0.2) is 4.98 Å². The van der Waals surface area contributed by atoms with Crippen LogP contribution in [0.1, 0.15) is 11.4 Å². The molecule has 0 unspecified atom stereocenters. The molecule has 14 heavy (non-hydrogen) atoms. The lowest BCUT2D eigenvalue weighted by molar-refractivity contribution is 0.674. The number of hydrogen-bond donors (Lipinski definition) is 3. The smallest absolute Gasteiger partial charge is 0.107 e. The number of hydrogen-bond acceptors (Lipinski definition) is 2. The summed E-state index contributed by atoms with van der Waals surface area (Å²) < 4.78 is 0. The third kappa shape index (κ3) is 2.47. The van der Waals surface area contributed by atoms with Crippen molar-refractivity contribution in [1.82, 2.24) is 20.3 Å². The van der Waals surface area contributed by atoms with Gasteiger partial charge in [-0.15, -0.1) is 0 Å². The summed E-state index contributed by atoms with van der Waals surface area (Å²) in [6, 6.07) is 2.07. The van der Waals surface area contributed by atoms with Gasteiger partial charge >= 0.3 is 0 Å². The van der Waals surface area contributed by atoms with E-state index in [1.54, 1.807) is 6.20 Å². The molecule has 0 spiro atoms. The molecule has 0 fully saturated rings. The SMILES string of the molecule is c1c[nH]c(CCNCc2cc[nH]c2)n1. The van der Waals surface area contributed by atoms with Gasteiger partial charge in [-0.1, -0.05) is 0 Å². The summed E-state index contributed by atoms with van der Waals surface area (Å²) in [6.07, 6.45) is 8.50. The lowest BCUT2D eigenvalue weighted by atomic mass is 10.3. The average Bonchev–Trinajstić information content (AvgIpc) is 2.86. The number of rotatable bonds is 5. The molecular weight excluding hydrogens is 176 g/mol. The van der Waals surface area contributed by atoms with E-state index in [2.05, 4.69) is 26.3 Å². The number of nitrogens with zero attached hydrogens (tertiary/aromatic N) is 1. The van der Waals surface area contributed by atoms with Crippen molar-refractivity contribution in [3.63, 3.8) is 0 Å². The normalized spacial score (nSPS) is 10.6. The maximum Gasteiger partial charge on any atom is 0.107 e. The third-order valence-corrected chi connectivity index (χ3v) is 2.08. The second-order valence-corrected chi connectivity index (χ2v) is 3.18. The summed E-state index contributed by atoms with van der Waals surface area (Å²) in [4.78, 5) is 10.2. The van der Waals surface area contributed by atoms with Crippen molar-refractivity contribution < 1.29 is 0 Å². The van der Waals surface area contributed by atoms with Crippen molar-refractivity contribution in [2.75, 3.05) is 6.54 Å². The Morgan fingerprint density at radius 2 is 2.36 bits per heavy atom. The zero-order valence-electron chi connectivity index (χ0n) is 7.96. The van der Waals surface area contributed by atoms with Crippen molar-refractivity contribution in [2.24, 2.45) is 0 Å². The van der Waals surface area contributed by atoms with Crippen molar-refractivity contribution in [3.8, 4) is 0 Å². The molecule has 3 N–H and O–H groups in total. The molecule has 74 valence electrons. The van der Waals surface area contributed by atoms with Crippen molar-refractivity contribution in [2.45, 2.75) is 13.0 Å². The fraction of sp³-hybridized carbons (Fsp3) is 0.300. The van der Waals surface area contributed by atoms with Gasteiger partial charge in [-0.2, -0.15) is 0 Å². The van der Waals surface area contributed by atoms with Gasteiger partial charge in [0, 0.05) is 44.3 Å². The lowest BCUT2D eigenvalue weighted by Gasteiger charge is -2.00. The van der Waals surface area contributed by atoms with Gasteiger partial charge < -0.3 is 15.3 Å². The van der Waals surface area contributed by atoms with Gasteiger partial charge in [0.25, 0.3) is 0 Å². The fourth-order valence-corrected chi connectivity index (χ4v) is 1.34. The molecule has 2 aromatic heterocycles. The number of aromatic nitrogens is 3. The van der Waals surface area contributed by atoms with E-state index in [1.807, 2.05) is 18.6 Å². The Hall–Kier alpha value is -1.55. The molecule has 0 aliphatic heterocycles. The Bertz CT molecular complexity index is 300. The van der Waals surface area contributed by atoms with Crippen molar-refractivity contribution in [1.29, 1.82) is 0 Å². The highest BCUT2D eigenvalue weighted by molar-refractivity contribution is 5.07. The van der Waals surface area contributed by atoms with Gasteiger partial charge in [0.05, 0.1) is 0 Å². The van der Waals surface area contributed by atoms with Crippen molar-refractivity contribution in [3.05, 3.63) is 42.2 Å². The van der Waals surface area contributed by atoms with Gasteiger partial charge in [0.2, 0.25) is 0 Å². The zero-order chi connectivity index (χ0) is 9.64. The van der Waals surface area contributed by atoms with E-state index >= 15 is 0 Å². The first kappa shape index (κ1) is 9.02. The Morgan fingerprint density at radius 3 is 3.07 bits per heavy atom. The lowest BCUT2D eigenvalue weighted by Crippen LogP contribution is -2.16. The minimum atomic E-state index is 0.907. The van der Waals surface area contributed by atoms with Crippen LogP contribution in [0.3, 0.4) is 0 Å². The van der Waals surface area contributed by atoms with E-state index in [4.69, 9.17) is 0 Å². The molecule has 2 heterocycles. The number of nitrogens with one attached hydrogen (secondary N) is 3. The first-order chi connectivity index (χ1) is 6.95. The molecule has 4 heteroatoms. The summed E-state index contributed by atoms with van der Waals surface area (Å²) in [5, 5.41) is 3.35. The summed E-state index contributed by atoms with van der Waals surface area (Å²) >= 11 is 0. The second kappa shape index (κ2) is 4.62. The standard InChI is InChI=1S/C10H14N4/c1-3-11-7-9(1)8-12-4-2-10-13-5-6-14-10/h1,3,5-7,11-12H,2,4,8H2,(H,13,14). The average molecular weight is 190 g/mol. The van der Waals surface area contributed by atoms with E-state index in [1.165, 1.54) is 5.56 Å². The number of aromatic amines is 2. The van der Waals surface area contributed by atoms with Crippen LogP contribution in [0.5, 0.6) is 0 Å². The molecule has 0 saturated heterocycles. The van der Waals surface area contributed by atoms with Crippen LogP contribution in [0.4, 0.5) is 0 Å². The highest BCUT2D eigenvalue weighted by Crippen LogP contribution is 1.95. The molecule has 0 radical (unpaired) electrons. The minimum absolute atomic E-state index is 0.907. The summed E-state index contributed by atoms with van der Waals surface area (Å²) in [5.41, 5.74) is 1.28. The number of H-pyrrole nitrogens is 2. The summed E-state index contributed by atoms with van der Waals surface area (Å²) in [5.74, 6) is 1.03. The summed E-state index contributed by atoms with van der Waals surface area (Å²) in [7, 11) is 0. The van der Waals surface area contributed by atoms with E-state index in [9.17, 15) is 0 Å². The largest absolute Gasteiger partial charge is 0.367 e. The van der Waals surface area contributed by atoms with Crippen LogP contribution in [0.15, 0.2) is 30.9 Å². The van der Waals surface area contributed by atoms with Gasteiger partial charge in [-0.05, 0) is 11.6 Å². The monoisotopic (exact) mass is 190 g/mol. The molecule has 0 bridgehead atoms. The third-order valence-electron chi connectivity index (χ3n) is 2.08. The molecule has 4 nitrogen and oxygen atoms in total. The molecule has 0 aromatic carbocycles. The Balaban J connectivity index is 1.65.